The number of halogens is 1. The molecule has 0 radical (unpaired) electrons. The Bertz CT molecular complexity index is 677. The van der Waals surface area contributed by atoms with Gasteiger partial charge in [-0.05, 0) is 44.6 Å². The highest BCUT2D eigenvalue weighted by Crippen LogP contribution is 2.18. The number of nitrogens with one attached hydrogen (secondary N) is 1. The standard InChI is InChI=1S/C17H26FN3O3S/c1-20(2)10-11-21(16-8-12-25(23,24)13-16)17(22)19-9-7-14-3-5-15(18)6-4-14/h3-6,16H,7-13H2,1-2H3,(H,19,22). The minimum Gasteiger partial charge on any atom is -0.338 e. The number of hydrogen-bond donors (Lipinski definition) is 1. The number of rotatable bonds is 7. The van der Waals surface area contributed by atoms with Crippen molar-refractivity contribution in [1.29, 1.82) is 0 Å². The fraction of sp³-hybridized carbons (Fsp3) is 0.588. The molecular weight excluding hydrogens is 345 g/mol. The van der Waals surface area contributed by atoms with E-state index in [1.54, 1.807) is 17.0 Å². The van der Waals surface area contributed by atoms with Gasteiger partial charge in [0.05, 0.1) is 11.5 Å². The summed E-state index contributed by atoms with van der Waals surface area (Å²) in [6.07, 6.45) is 1.08. The van der Waals surface area contributed by atoms with Crippen molar-refractivity contribution in [3.63, 3.8) is 0 Å². The minimum absolute atomic E-state index is 0.0335. The fourth-order valence-corrected chi connectivity index (χ4v) is 4.58. The highest BCUT2D eigenvalue weighted by atomic mass is 32.2. The summed E-state index contributed by atoms with van der Waals surface area (Å²) < 4.78 is 36.4. The molecular formula is C17H26FN3O3S. The molecule has 1 saturated heterocycles. The van der Waals surface area contributed by atoms with Gasteiger partial charge in [-0.25, -0.2) is 17.6 Å². The first-order chi connectivity index (χ1) is 11.8. The summed E-state index contributed by atoms with van der Waals surface area (Å²) in [6.45, 7) is 1.57. The molecule has 1 aliphatic heterocycles. The van der Waals surface area contributed by atoms with Gasteiger partial charge in [0.1, 0.15) is 5.82 Å². The molecule has 0 aliphatic carbocycles. The predicted octanol–water partition coefficient (Wildman–Crippen LogP) is 1.13. The van der Waals surface area contributed by atoms with Gasteiger partial charge >= 0.3 is 6.03 Å². The number of carbonyl (C=O) groups excluding carboxylic acids is 1. The lowest BCUT2D eigenvalue weighted by atomic mass is 10.1. The lowest BCUT2D eigenvalue weighted by Gasteiger charge is -2.29. The molecule has 2 rings (SSSR count). The van der Waals surface area contributed by atoms with E-state index in [9.17, 15) is 17.6 Å². The third-order valence-electron chi connectivity index (χ3n) is 4.30. The Labute approximate surface area is 148 Å². The quantitative estimate of drug-likeness (QED) is 0.780. The molecule has 0 bridgehead atoms. The van der Waals surface area contributed by atoms with Crippen LogP contribution in [0.15, 0.2) is 24.3 Å². The smallest absolute Gasteiger partial charge is 0.317 e. The molecule has 1 N–H and O–H groups in total. The second-order valence-corrected chi connectivity index (χ2v) is 8.89. The zero-order chi connectivity index (χ0) is 18.4. The fourth-order valence-electron chi connectivity index (χ4n) is 2.85. The summed E-state index contributed by atoms with van der Waals surface area (Å²) in [5.41, 5.74) is 0.935. The normalized spacial score (nSPS) is 19.1. The first kappa shape index (κ1) is 19.7. The second-order valence-electron chi connectivity index (χ2n) is 6.66. The highest BCUT2D eigenvalue weighted by Gasteiger charge is 2.34. The Hall–Kier alpha value is -1.67. The summed E-state index contributed by atoms with van der Waals surface area (Å²) in [4.78, 5) is 16.1. The lowest BCUT2D eigenvalue weighted by molar-refractivity contribution is 0.173. The van der Waals surface area contributed by atoms with Gasteiger partial charge in [0.15, 0.2) is 9.84 Å². The Morgan fingerprint density at radius 2 is 1.92 bits per heavy atom. The third-order valence-corrected chi connectivity index (χ3v) is 6.05. The van der Waals surface area contributed by atoms with E-state index in [1.807, 2.05) is 19.0 Å². The summed E-state index contributed by atoms with van der Waals surface area (Å²) >= 11 is 0. The molecule has 1 aliphatic rings. The van der Waals surface area contributed by atoms with Crippen LogP contribution in [-0.2, 0) is 16.3 Å². The molecule has 8 heteroatoms. The number of amides is 2. The van der Waals surface area contributed by atoms with E-state index in [2.05, 4.69) is 5.32 Å². The van der Waals surface area contributed by atoms with Gasteiger partial charge in [-0.2, -0.15) is 0 Å². The maximum Gasteiger partial charge on any atom is 0.317 e. The van der Waals surface area contributed by atoms with Crippen molar-refractivity contribution in [2.75, 3.05) is 45.2 Å². The molecule has 1 aromatic rings. The van der Waals surface area contributed by atoms with E-state index in [1.165, 1.54) is 12.1 Å². The number of nitrogens with zero attached hydrogens (tertiary/aromatic N) is 2. The maximum atomic E-state index is 12.9. The average molecular weight is 371 g/mol. The van der Waals surface area contributed by atoms with Crippen LogP contribution in [-0.4, -0.2) is 75.5 Å². The van der Waals surface area contributed by atoms with Crippen molar-refractivity contribution in [1.82, 2.24) is 15.1 Å². The van der Waals surface area contributed by atoms with Crippen LogP contribution in [0, 0.1) is 5.82 Å². The van der Waals surface area contributed by atoms with Crippen molar-refractivity contribution < 1.29 is 17.6 Å². The molecule has 0 spiro atoms. The van der Waals surface area contributed by atoms with E-state index in [-0.39, 0.29) is 29.4 Å². The van der Waals surface area contributed by atoms with Gasteiger partial charge in [-0.15, -0.1) is 0 Å². The predicted molar refractivity (Wildman–Crippen MR) is 95.8 cm³/mol. The highest BCUT2D eigenvalue weighted by molar-refractivity contribution is 7.91. The summed E-state index contributed by atoms with van der Waals surface area (Å²) in [5.74, 6) is -0.116. The zero-order valence-corrected chi connectivity index (χ0v) is 15.6. The topological polar surface area (TPSA) is 69.7 Å². The SMILES string of the molecule is CN(C)CCN(C(=O)NCCc1ccc(F)cc1)C1CCS(=O)(=O)C1. The molecule has 1 aromatic carbocycles. The second kappa shape index (κ2) is 8.62. The van der Waals surface area contributed by atoms with Gasteiger partial charge in [-0.1, -0.05) is 12.1 Å². The molecule has 25 heavy (non-hydrogen) atoms. The molecule has 1 unspecified atom stereocenters. The largest absolute Gasteiger partial charge is 0.338 e. The summed E-state index contributed by atoms with van der Waals surface area (Å²) in [5, 5.41) is 2.85. The third kappa shape index (κ3) is 6.28. The van der Waals surface area contributed by atoms with E-state index >= 15 is 0 Å². The number of sulfone groups is 1. The van der Waals surface area contributed by atoms with Gasteiger partial charge < -0.3 is 15.1 Å². The molecule has 0 saturated carbocycles. The summed E-state index contributed by atoms with van der Waals surface area (Å²) in [6, 6.07) is 5.65. The van der Waals surface area contributed by atoms with Crippen molar-refractivity contribution in [2.45, 2.75) is 18.9 Å². The maximum absolute atomic E-state index is 12.9. The van der Waals surface area contributed by atoms with Crippen molar-refractivity contribution >= 4 is 15.9 Å². The van der Waals surface area contributed by atoms with Crippen molar-refractivity contribution in [3.05, 3.63) is 35.6 Å². The zero-order valence-electron chi connectivity index (χ0n) is 14.7. The van der Waals surface area contributed by atoms with Gasteiger partial charge in [0, 0.05) is 25.7 Å². The van der Waals surface area contributed by atoms with E-state index in [4.69, 9.17) is 0 Å². The molecule has 2 amide bonds. The van der Waals surface area contributed by atoms with E-state index < -0.39 is 9.84 Å². The Morgan fingerprint density at radius 3 is 2.48 bits per heavy atom. The number of carbonyl (C=O) groups is 1. The molecule has 140 valence electrons. The summed E-state index contributed by atoms with van der Waals surface area (Å²) in [7, 11) is 0.774. The minimum atomic E-state index is -3.05. The van der Waals surface area contributed by atoms with Gasteiger partial charge in [0.25, 0.3) is 0 Å². The van der Waals surface area contributed by atoms with Crippen LogP contribution in [0.3, 0.4) is 0 Å². The molecule has 1 atom stereocenters. The van der Waals surface area contributed by atoms with Crippen LogP contribution in [0.2, 0.25) is 0 Å². The molecule has 1 heterocycles. The van der Waals surface area contributed by atoms with Crippen LogP contribution in [0.4, 0.5) is 9.18 Å². The van der Waals surface area contributed by atoms with Gasteiger partial charge in [0.2, 0.25) is 0 Å². The first-order valence-corrected chi connectivity index (χ1v) is 10.2. The van der Waals surface area contributed by atoms with E-state index in [0.717, 1.165) is 5.56 Å². The molecule has 1 fully saturated rings. The Balaban J connectivity index is 1.91. The average Bonchev–Trinajstić information content (AvgIpc) is 2.89. The van der Waals surface area contributed by atoms with Crippen LogP contribution >= 0.6 is 0 Å². The van der Waals surface area contributed by atoms with E-state index in [0.29, 0.717) is 32.5 Å². The first-order valence-electron chi connectivity index (χ1n) is 8.41. The number of urea groups is 1. The van der Waals surface area contributed by atoms with Crippen molar-refractivity contribution in [2.24, 2.45) is 0 Å². The lowest BCUT2D eigenvalue weighted by Crippen LogP contribution is -2.49. The number of benzene rings is 1. The Kier molecular flexibility index (Phi) is 6.78. The Morgan fingerprint density at radius 1 is 1.24 bits per heavy atom. The van der Waals surface area contributed by atoms with Crippen LogP contribution in [0.25, 0.3) is 0 Å². The number of likely N-dealkylation sites (N-methyl/N-ethyl adjacent to an activating group) is 1. The van der Waals surface area contributed by atoms with Crippen LogP contribution in [0.1, 0.15) is 12.0 Å². The number of hydrogen-bond acceptors (Lipinski definition) is 4. The molecule has 0 aromatic heterocycles. The van der Waals surface area contributed by atoms with Crippen LogP contribution in [0.5, 0.6) is 0 Å². The molecule has 6 nitrogen and oxygen atoms in total. The van der Waals surface area contributed by atoms with Gasteiger partial charge in [-0.3, -0.25) is 0 Å². The van der Waals surface area contributed by atoms with Crippen LogP contribution < -0.4 is 5.32 Å². The van der Waals surface area contributed by atoms with Crippen molar-refractivity contribution in [3.8, 4) is 0 Å². The monoisotopic (exact) mass is 371 g/mol.